The number of benzene rings is 1. The third kappa shape index (κ3) is 1.59. The zero-order chi connectivity index (χ0) is 11.6. The highest BCUT2D eigenvalue weighted by Crippen LogP contribution is 2.69. The molecule has 0 amide bonds. The van der Waals surface area contributed by atoms with Crippen molar-refractivity contribution in [3.8, 4) is 6.07 Å². The molecule has 0 radical (unpaired) electrons. The van der Waals surface area contributed by atoms with Crippen LogP contribution in [-0.2, 0) is 9.09 Å². The summed E-state index contributed by atoms with van der Waals surface area (Å²) in [4.78, 5) is 0. The van der Waals surface area contributed by atoms with Gasteiger partial charge in [-0.25, -0.2) is 0 Å². The van der Waals surface area contributed by atoms with Gasteiger partial charge in [-0.1, -0.05) is 18.2 Å². The van der Waals surface area contributed by atoms with Crippen molar-refractivity contribution in [2.45, 2.75) is 24.9 Å². The summed E-state index contributed by atoms with van der Waals surface area (Å²) in [6.45, 7) is 2.18. The number of nitrogens with zero attached hydrogens (tertiary/aromatic N) is 1. The van der Waals surface area contributed by atoms with Gasteiger partial charge in [0.2, 0.25) is 0 Å². The average molecular weight is 235 g/mol. The zero-order valence-corrected chi connectivity index (χ0v) is 10.1. The van der Waals surface area contributed by atoms with Crippen LogP contribution >= 0.6 is 7.37 Å². The summed E-state index contributed by atoms with van der Waals surface area (Å²) in [5, 5.41) is 9.08. The molecule has 0 aliphatic heterocycles. The van der Waals surface area contributed by atoms with Gasteiger partial charge in [0.05, 0.1) is 12.7 Å². The molecule has 16 heavy (non-hydrogen) atoms. The van der Waals surface area contributed by atoms with Crippen LogP contribution in [0.5, 0.6) is 0 Å². The van der Waals surface area contributed by atoms with Gasteiger partial charge in [0.15, 0.2) is 0 Å². The topological polar surface area (TPSA) is 50.1 Å². The minimum absolute atomic E-state index is 0.371. The van der Waals surface area contributed by atoms with Gasteiger partial charge in [0, 0.05) is 5.30 Å². The molecule has 0 saturated heterocycles. The van der Waals surface area contributed by atoms with E-state index in [1.54, 1.807) is 12.1 Å². The Morgan fingerprint density at radius 1 is 1.44 bits per heavy atom. The van der Waals surface area contributed by atoms with E-state index < -0.39 is 12.5 Å². The lowest BCUT2D eigenvalue weighted by molar-refractivity contribution is 0.335. The molecule has 1 atom stereocenters. The monoisotopic (exact) mass is 235 g/mol. The van der Waals surface area contributed by atoms with Crippen LogP contribution in [0, 0.1) is 11.3 Å². The van der Waals surface area contributed by atoms with E-state index in [0.717, 1.165) is 0 Å². The van der Waals surface area contributed by atoms with Crippen LogP contribution in [0.3, 0.4) is 0 Å². The molecule has 1 aliphatic rings. The second kappa shape index (κ2) is 4.05. The largest absolute Gasteiger partial charge is 0.324 e. The smallest absolute Gasteiger partial charge is 0.251 e. The van der Waals surface area contributed by atoms with Gasteiger partial charge in [0.1, 0.15) is 5.16 Å². The second-order valence-corrected chi connectivity index (χ2v) is 6.68. The summed E-state index contributed by atoms with van der Waals surface area (Å²) >= 11 is 0. The van der Waals surface area contributed by atoms with Crippen molar-refractivity contribution in [1.82, 2.24) is 0 Å². The van der Waals surface area contributed by atoms with E-state index in [1.165, 1.54) is 0 Å². The van der Waals surface area contributed by atoms with Crippen molar-refractivity contribution >= 4 is 12.7 Å². The maximum Gasteiger partial charge on any atom is 0.251 e. The molecule has 2 rings (SSSR count). The highest BCUT2D eigenvalue weighted by Gasteiger charge is 2.60. The van der Waals surface area contributed by atoms with Crippen LogP contribution < -0.4 is 5.30 Å². The highest BCUT2D eigenvalue weighted by molar-refractivity contribution is 7.69. The normalized spacial score (nSPS) is 20.8. The van der Waals surface area contributed by atoms with E-state index in [-0.39, 0.29) is 0 Å². The first kappa shape index (κ1) is 11.4. The standard InChI is InChI=1S/C12H14NO2P/c1-2-15-16(14,12(10-13)8-9-12)11-6-4-3-5-7-11/h3-7H,2,8-9H2,1H3/t16-/m0/s1. The maximum absolute atomic E-state index is 12.9. The van der Waals surface area contributed by atoms with E-state index >= 15 is 0 Å². The molecule has 1 fully saturated rings. The Bertz CT molecular complexity index is 460. The third-order valence-electron chi connectivity index (χ3n) is 2.90. The first-order chi connectivity index (χ1) is 7.68. The molecule has 0 heterocycles. The summed E-state index contributed by atoms with van der Waals surface area (Å²) in [7, 11) is -3.02. The van der Waals surface area contributed by atoms with Crippen LogP contribution in [0.1, 0.15) is 19.8 Å². The predicted molar refractivity (Wildman–Crippen MR) is 62.9 cm³/mol. The zero-order valence-electron chi connectivity index (χ0n) is 9.22. The minimum atomic E-state index is -3.02. The quantitative estimate of drug-likeness (QED) is 0.754. The predicted octanol–water partition coefficient (Wildman–Crippen LogP) is 2.68. The molecular formula is C12H14NO2P. The van der Waals surface area contributed by atoms with Gasteiger partial charge >= 0.3 is 0 Å². The van der Waals surface area contributed by atoms with E-state index in [9.17, 15) is 9.83 Å². The van der Waals surface area contributed by atoms with Crippen LogP contribution in [0.15, 0.2) is 30.3 Å². The summed E-state index contributed by atoms with van der Waals surface area (Å²) in [6.07, 6.45) is 1.35. The average Bonchev–Trinajstić information content (AvgIpc) is 3.11. The molecule has 0 unspecified atom stereocenters. The lowest BCUT2D eigenvalue weighted by Gasteiger charge is -2.22. The fraction of sp³-hybridized carbons (Fsp3) is 0.417. The summed E-state index contributed by atoms with van der Waals surface area (Å²) < 4.78 is 18.4. The Morgan fingerprint density at radius 2 is 2.06 bits per heavy atom. The Hall–Kier alpha value is -1.10. The SMILES string of the molecule is CCO[P@@](=O)(c1ccccc1)C1(C#N)CC1. The van der Waals surface area contributed by atoms with E-state index in [2.05, 4.69) is 6.07 Å². The van der Waals surface area contributed by atoms with Gasteiger partial charge < -0.3 is 4.52 Å². The van der Waals surface area contributed by atoms with Crippen molar-refractivity contribution < 1.29 is 9.09 Å². The highest BCUT2D eigenvalue weighted by atomic mass is 31.2. The molecule has 0 spiro atoms. The van der Waals surface area contributed by atoms with Crippen LogP contribution in [0.4, 0.5) is 0 Å². The van der Waals surface area contributed by atoms with Gasteiger partial charge in [-0.3, -0.25) is 4.57 Å². The summed E-state index contributed by atoms with van der Waals surface area (Å²) in [5.74, 6) is 0. The first-order valence-electron chi connectivity index (χ1n) is 5.40. The molecular weight excluding hydrogens is 221 g/mol. The van der Waals surface area contributed by atoms with Crippen molar-refractivity contribution in [2.24, 2.45) is 0 Å². The van der Waals surface area contributed by atoms with E-state index in [0.29, 0.717) is 24.8 Å². The van der Waals surface area contributed by atoms with Crippen LogP contribution in [-0.4, -0.2) is 11.8 Å². The maximum atomic E-state index is 12.9. The molecule has 3 nitrogen and oxygen atoms in total. The van der Waals surface area contributed by atoms with Gasteiger partial charge in [-0.15, -0.1) is 0 Å². The molecule has 1 aromatic carbocycles. The number of rotatable bonds is 4. The Labute approximate surface area is 95.5 Å². The molecule has 1 saturated carbocycles. The van der Waals surface area contributed by atoms with Crippen molar-refractivity contribution in [2.75, 3.05) is 6.61 Å². The van der Waals surface area contributed by atoms with Crippen molar-refractivity contribution in [3.63, 3.8) is 0 Å². The van der Waals surface area contributed by atoms with Gasteiger partial charge in [-0.2, -0.15) is 5.26 Å². The Balaban J connectivity index is 2.46. The minimum Gasteiger partial charge on any atom is -0.324 e. The van der Waals surface area contributed by atoms with Gasteiger partial charge in [-0.05, 0) is 31.9 Å². The van der Waals surface area contributed by atoms with Crippen molar-refractivity contribution in [3.05, 3.63) is 30.3 Å². The van der Waals surface area contributed by atoms with Crippen LogP contribution in [0.25, 0.3) is 0 Å². The third-order valence-corrected chi connectivity index (χ3v) is 6.18. The van der Waals surface area contributed by atoms with Crippen molar-refractivity contribution in [1.29, 1.82) is 5.26 Å². The lowest BCUT2D eigenvalue weighted by Crippen LogP contribution is -2.19. The van der Waals surface area contributed by atoms with Crippen LogP contribution in [0.2, 0.25) is 0 Å². The second-order valence-electron chi connectivity index (χ2n) is 3.95. The number of nitriles is 1. The van der Waals surface area contributed by atoms with E-state index in [4.69, 9.17) is 4.52 Å². The van der Waals surface area contributed by atoms with Gasteiger partial charge in [0.25, 0.3) is 7.37 Å². The number of hydrogen-bond acceptors (Lipinski definition) is 3. The Kier molecular flexibility index (Phi) is 2.88. The summed E-state index contributed by atoms with van der Waals surface area (Å²) in [6, 6.07) is 11.3. The molecule has 1 aromatic rings. The molecule has 0 N–H and O–H groups in total. The number of hydrogen-bond donors (Lipinski definition) is 0. The molecule has 1 aliphatic carbocycles. The van der Waals surface area contributed by atoms with E-state index in [1.807, 2.05) is 25.1 Å². The fourth-order valence-electron chi connectivity index (χ4n) is 1.84. The molecule has 4 heteroatoms. The first-order valence-corrected chi connectivity index (χ1v) is 7.02. The fourth-order valence-corrected chi connectivity index (χ4v) is 4.49. The Morgan fingerprint density at radius 3 is 2.50 bits per heavy atom. The lowest BCUT2D eigenvalue weighted by atomic mass is 10.4. The summed E-state index contributed by atoms with van der Waals surface area (Å²) in [5.41, 5.74) is 0. The molecule has 0 aromatic heterocycles. The molecule has 84 valence electrons. The molecule has 0 bridgehead atoms.